The van der Waals surface area contributed by atoms with Crippen LogP contribution in [0.1, 0.15) is 55.2 Å². The fraction of sp³-hybridized carbons (Fsp3) is 0.400. The number of carbonyl (C=O) groups is 1. The van der Waals surface area contributed by atoms with Gasteiger partial charge in [-0.2, -0.15) is 4.31 Å². The molecule has 0 saturated heterocycles. The van der Waals surface area contributed by atoms with Crippen LogP contribution in [0, 0.1) is 0 Å². The number of rotatable bonds is 7. The summed E-state index contributed by atoms with van der Waals surface area (Å²) in [5, 5.41) is 0.496. The van der Waals surface area contributed by atoms with E-state index in [4.69, 9.17) is 0 Å². The van der Waals surface area contributed by atoms with E-state index in [2.05, 4.69) is 9.97 Å². The number of aromatic nitrogens is 2. The van der Waals surface area contributed by atoms with Crippen LogP contribution in [0.25, 0.3) is 10.9 Å². The van der Waals surface area contributed by atoms with E-state index in [1.807, 2.05) is 13.0 Å². The monoisotopic (exact) mass is 482 g/mol. The zero-order valence-corrected chi connectivity index (χ0v) is 20.3. The van der Waals surface area contributed by atoms with Crippen molar-refractivity contribution in [2.75, 3.05) is 13.6 Å². The lowest BCUT2D eigenvalue weighted by atomic mass is 9.96. The predicted octanol–water partition coefficient (Wildman–Crippen LogP) is 3.54. The molecule has 0 atom stereocenters. The largest absolute Gasteiger partial charge is 0.331 e. The van der Waals surface area contributed by atoms with Gasteiger partial charge in [-0.15, -0.1) is 0 Å². The number of sulfonamides is 1. The molecular weight excluding hydrogens is 452 g/mol. The van der Waals surface area contributed by atoms with Crippen molar-refractivity contribution in [2.45, 2.75) is 56.5 Å². The Labute approximate surface area is 199 Å². The van der Waals surface area contributed by atoms with E-state index < -0.39 is 10.0 Å². The summed E-state index contributed by atoms with van der Waals surface area (Å²) in [6, 6.07) is 13.1. The maximum Gasteiger partial charge on any atom is 0.258 e. The number of nitrogens with zero attached hydrogens (tertiary/aromatic N) is 3. The number of hydrogen-bond donors (Lipinski definition) is 1. The zero-order chi connectivity index (χ0) is 24.3. The number of H-pyrrole nitrogens is 1. The molecule has 1 fully saturated rings. The van der Waals surface area contributed by atoms with E-state index >= 15 is 0 Å². The molecule has 3 aromatic rings. The van der Waals surface area contributed by atoms with Gasteiger partial charge in [-0.05, 0) is 56.2 Å². The lowest BCUT2D eigenvalue weighted by Gasteiger charge is -2.30. The number of para-hydroxylation sites is 1. The Hall–Kier alpha value is -3.04. The third-order valence-corrected chi connectivity index (χ3v) is 8.46. The molecule has 1 aliphatic rings. The maximum atomic E-state index is 13.1. The number of aromatic amines is 1. The van der Waals surface area contributed by atoms with E-state index in [1.54, 1.807) is 42.3 Å². The zero-order valence-electron chi connectivity index (χ0n) is 19.5. The Morgan fingerprint density at radius 1 is 1.06 bits per heavy atom. The molecule has 0 unspecified atom stereocenters. The van der Waals surface area contributed by atoms with E-state index in [9.17, 15) is 18.0 Å². The number of benzene rings is 2. The second-order valence-electron chi connectivity index (χ2n) is 8.69. The van der Waals surface area contributed by atoms with Gasteiger partial charge in [-0.3, -0.25) is 9.59 Å². The van der Waals surface area contributed by atoms with Crippen LogP contribution in [0.15, 0.2) is 58.2 Å². The summed E-state index contributed by atoms with van der Waals surface area (Å²) in [4.78, 5) is 34.4. The van der Waals surface area contributed by atoms with Crippen LogP contribution in [0.4, 0.5) is 0 Å². The van der Waals surface area contributed by atoms with E-state index in [1.165, 1.54) is 16.4 Å². The number of hydrogen-bond acceptors (Lipinski definition) is 5. The quantitative estimate of drug-likeness (QED) is 0.555. The smallest absolute Gasteiger partial charge is 0.258 e. The molecule has 0 aliphatic heterocycles. The Kier molecular flexibility index (Phi) is 7.13. The minimum atomic E-state index is -3.62. The summed E-state index contributed by atoms with van der Waals surface area (Å²) in [7, 11) is -1.98. The highest BCUT2D eigenvalue weighted by Crippen LogP contribution is 2.26. The lowest BCUT2D eigenvalue weighted by molar-refractivity contribution is 0.0748. The molecule has 1 aliphatic carbocycles. The number of amides is 1. The molecule has 9 heteroatoms. The third kappa shape index (κ3) is 4.90. The first kappa shape index (κ1) is 24.1. The van der Waals surface area contributed by atoms with Crippen molar-refractivity contribution >= 4 is 26.8 Å². The van der Waals surface area contributed by atoms with Gasteiger partial charge in [0.15, 0.2) is 0 Å². The summed E-state index contributed by atoms with van der Waals surface area (Å²) in [6.45, 7) is 2.38. The van der Waals surface area contributed by atoms with E-state index in [0.29, 0.717) is 28.8 Å². The normalized spacial score (nSPS) is 15.0. The fourth-order valence-electron chi connectivity index (χ4n) is 4.48. The molecule has 34 heavy (non-hydrogen) atoms. The molecule has 1 heterocycles. The van der Waals surface area contributed by atoms with Crippen LogP contribution in [-0.2, 0) is 16.6 Å². The van der Waals surface area contributed by atoms with E-state index in [0.717, 1.165) is 32.1 Å². The minimum Gasteiger partial charge on any atom is -0.331 e. The summed E-state index contributed by atoms with van der Waals surface area (Å²) >= 11 is 0. The highest BCUT2D eigenvalue weighted by Gasteiger charge is 2.29. The molecule has 1 saturated carbocycles. The molecule has 1 aromatic heterocycles. The minimum absolute atomic E-state index is 0.0206. The molecule has 0 radical (unpaired) electrons. The molecule has 2 aromatic carbocycles. The summed E-state index contributed by atoms with van der Waals surface area (Å²) < 4.78 is 27.6. The van der Waals surface area contributed by atoms with Crippen LogP contribution in [0.5, 0.6) is 0 Å². The molecule has 1 N–H and O–H groups in total. The van der Waals surface area contributed by atoms with Gasteiger partial charge in [0.1, 0.15) is 5.82 Å². The second-order valence-corrected chi connectivity index (χ2v) is 10.7. The van der Waals surface area contributed by atoms with Gasteiger partial charge in [0.2, 0.25) is 10.0 Å². The van der Waals surface area contributed by atoms with Crippen molar-refractivity contribution in [3.05, 3.63) is 70.3 Å². The third-order valence-electron chi connectivity index (χ3n) is 6.54. The molecule has 0 bridgehead atoms. The first-order valence-corrected chi connectivity index (χ1v) is 13.1. The van der Waals surface area contributed by atoms with Crippen LogP contribution in [0.2, 0.25) is 0 Å². The first-order valence-electron chi connectivity index (χ1n) is 11.7. The number of nitrogens with one attached hydrogen (secondary N) is 1. The molecule has 0 spiro atoms. The summed E-state index contributed by atoms with van der Waals surface area (Å²) in [5.41, 5.74) is 0.700. The van der Waals surface area contributed by atoms with Gasteiger partial charge in [0.05, 0.1) is 22.3 Å². The SMILES string of the molecule is CCN(Cc1nc2ccccc2c(=O)[nH]1)C(=O)c1ccc(S(=O)(=O)N(C)C2CCCCC2)cc1. The second kappa shape index (κ2) is 10.1. The van der Waals surface area contributed by atoms with Crippen molar-refractivity contribution in [3.8, 4) is 0 Å². The van der Waals surface area contributed by atoms with Crippen molar-refractivity contribution in [2.24, 2.45) is 0 Å². The highest BCUT2D eigenvalue weighted by atomic mass is 32.2. The van der Waals surface area contributed by atoms with Crippen LogP contribution in [0.3, 0.4) is 0 Å². The van der Waals surface area contributed by atoms with Gasteiger partial charge in [-0.25, -0.2) is 13.4 Å². The van der Waals surface area contributed by atoms with E-state index in [-0.39, 0.29) is 28.9 Å². The van der Waals surface area contributed by atoms with Crippen LogP contribution in [-0.4, -0.2) is 53.1 Å². The highest BCUT2D eigenvalue weighted by molar-refractivity contribution is 7.89. The number of fused-ring (bicyclic) bond motifs is 1. The molecule has 4 rings (SSSR count). The van der Waals surface area contributed by atoms with Crippen molar-refractivity contribution < 1.29 is 13.2 Å². The van der Waals surface area contributed by atoms with Gasteiger partial charge in [0, 0.05) is 25.2 Å². The predicted molar refractivity (Wildman–Crippen MR) is 131 cm³/mol. The average molecular weight is 483 g/mol. The fourth-order valence-corrected chi connectivity index (χ4v) is 5.89. The topological polar surface area (TPSA) is 103 Å². The maximum absolute atomic E-state index is 13.1. The van der Waals surface area contributed by atoms with Crippen LogP contribution >= 0.6 is 0 Å². The Morgan fingerprint density at radius 3 is 2.41 bits per heavy atom. The Morgan fingerprint density at radius 2 is 1.74 bits per heavy atom. The van der Waals surface area contributed by atoms with Crippen LogP contribution < -0.4 is 5.56 Å². The molecule has 8 nitrogen and oxygen atoms in total. The standard InChI is InChI=1S/C25H30N4O4S/c1-3-29(17-23-26-22-12-8-7-11-21(22)24(30)27-23)25(31)18-13-15-20(16-14-18)34(32,33)28(2)19-9-5-4-6-10-19/h7-8,11-16,19H,3-6,9-10,17H2,1-2H3,(H,26,27,30). The molecule has 180 valence electrons. The summed E-state index contributed by atoms with van der Waals surface area (Å²) in [6.07, 6.45) is 4.99. The summed E-state index contributed by atoms with van der Waals surface area (Å²) in [5.74, 6) is 0.134. The Bertz CT molecular complexity index is 1330. The van der Waals surface area contributed by atoms with Gasteiger partial charge in [0.25, 0.3) is 11.5 Å². The van der Waals surface area contributed by atoms with Crippen molar-refractivity contribution in [3.63, 3.8) is 0 Å². The van der Waals surface area contributed by atoms with Gasteiger partial charge >= 0.3 is 0 Å². The Balaban J connectivity index is 1.51. The average Bonchev–Trinajstić information content (AvgIpc) is 2.87. The lowest BCUT2D eigenvalue weighted by Crippen LogP contribution is -2.38. The molecular formula is C25H30N4O4S. The van der Waals surface area contributed by atoms with Crippen molar-refractivity contribution in [1.29, 1.82) is 0 Å². The molecule has 1 amide bonds. The van der Waals surface area contributed by atoms with Gasteiger partial charge in [-0.1, -0.05) is 31.4 Å². The number of carbonyl (C=O) groups excluding carboxylic acids is 1. The van der Waals surface area contributed by atoms with Crippen molar-refractivity contribution in [1.82, 2.24) is 19.2 Å². The first-order chi connectivity index (χ1) is 16.3. The van der Waals surface area contributed by atoms with Gasteiger partial charge < -0.3 is 9.88 Å².